The lowest BCUT2D eigenvalue weighted by Gasteiger charge is -2.34. The van der Waals surface area contributed by atoms with Crippen LogP contribution in [0.4, 0.5) is 10.5 Å². The van der Waals surface area contributed by atoms with Crippen LogP contribution in [0.5, 0.6) is 0 Å². The highest BCUT2D eigenvalue weighted by Crippen LogP contribution is 2.34. The van der Waals surface area contributed by atoms with E-state index in [4.69, 9.17) is 9.15 Å². The SMILES string of the molecule is CCCCOC(=O)N1CCN(Cc2ccc3cc(-c4ccccc4NC(=O)c4ccccc4Br)oc3c2)CC1. The van der Waals surface area contributed by atoms with Gasteiger partial charge in [0.15, 0.2) is 0 Å². The van der Waals surface area contributed by atoms with Crippen LogP contribution in [-0.4, -0.2) is 54.6 Å². The summed E-state index contributed by atoms with van der Waals surface area (Å²) in [5.41, 5.74) is 4.02. The average Bonchev–Trinajstić information content (AvgIpc) is 3.37. The number of para-hydroxylation sites is 1. The predicted octanol–water partition coefficient (Wildman–Crippen LogP) is 7.17. The number of hydrogen-bond donors (Lipinski definition) is 1. The molecule has 7 nitrogen and oxygen atoms in total. The second kappa shape index (κ2) is 12.5. The summed E-state index contributed by atoms with van der Waals surface area (Å²) in [6.45, 7) is 6.29. The number of piperazine rings is 1. The lowest BCUT2D eigenvalue weighted by atomic mass is 10.1. The number of halogens is 1. The molecule has 3 aromatic carbocycles. The minimum absolute atomic E-state index is 0.192. The van der Waals surface area contributed by atoms with E-state index in [-0.39, 0.29) is 12.0 Å². The smallest absolute Gasteiger partial charge is 0.409 e. The van der Waals surface area contributed by atoms with Crippen molar-refractivity contribution in [2.24, 2.45) is 0 Å². The maximum absolute atomic E-state index is 12.9. The van der Waals surface area contributed by atoms with Crippen molar-refractivity contribution in [3.8, 4) is 11.3 Å². The molecule has 4 aromatic rings. The van der Waals surface area contributed by atoms with Crippen molar-refractivity contribution in [3.63, 3.8) is 0 Å². The first kappa shape index (κ1) is 27.0. The van der Waals surface area contributed by atoms with Crippen molar-refractivity contribution in [2.75, 3.05) is 38.1 Å². The summed E-state index contributed by atoms with van der Waals surface area (Å²) < 4.78 is 12.4. The molecule has 0 bridgehead atoms. The first-order valence-electron chi connectivity index (χ1n) is 13.3. The summed E-state index contributed by atoms with van der Waals surface area (Å²) >= 11 is 3.45. The fourth-order valence-corrected chi connectivity index (χ4v) is 5.16. The van der Waals surface area contributed by atoms with Gasteiger partial charge in [-0.25, -0.2) is 4.79 Å². The van der Waals surface area contributed by atoms with E-state index in [0.29, 0.717) is 36.7 Å². The maximum Gasteiger partial charge on any atom is 0.409 e. The van der Waals surface area contributed by atoms with Crippen molar-refractivity contribution in [3.05, 3.63) is 88.4 Å². The quantitative estimate of drug-likeness (QED) is 0.220. The van der Waals surface area contributed by atoms with E-state index in [1.807, 2.05) is 48.5 Å². The van der Waals surface area contributed by atoms with Crippen LogP contribution in [0.15, 0.2) is 81.7 Å². The Balaban J connectivity index is 1.25. The van der Waals surface area contributed by atoms with Crippen LogP contribution in [0.1, 0.15) is 35.7 Å². The van der Waals surface area contributed by atoms with E-state index in [1.165, 1.54) is 0 Å². The Morgan fingerprint density at radius 1 is 0.974 bits per heavy atom. The van der Waals surface area contributed by atoms with Gasteiger partial charge in [0.2, 0.25) is 0 Å². The largest absolute Gasteiger partial charge is 0.456 e. The van der Waals surface area contributed by atoms with Gasteiger partial charge in [-0.05, 0) is 64.3 Å². The fourth-order valence-electron chi connectivity index (χ4n) is 4.69. The molecule has 0 radical (unpaired) electrons. The van der Waals surface area contributed by atoms with Crippen LogP contribution in [0, 0.1) is 0 Å². The number of ether oxygens (including phenoxy) is 1. The Morgan fingerprint density at radius 3 is 2.54 bits per heavy atom. The number of benzene rings is 3. The molecule has 1 aliphatic heterocycles. The fraction of sp³-hybridized carbons (Fsp3) is 0.290. The number of hydrogen-bond acceptors (Lipinski definition) is 5. The molecule has 1 aromatic heterocycles. The monoisotopic (exact) mass is 589 g/mol. The summed E-state index contributed by atoms with van der Waals surface area (Å²) in [4.78, 5) is 29.3. The van der Waals surface area contributed by atoms with Gasteiger partial charge >= 0.3 is 6.09 Å². The first-order valence-corrected chi connectivity index (χ1v) is 14.1. The molecule has 1 aliphatic rings. The summed E-state index contributed by atoms with van der Waals surface area (Å²) in [5.74, 6) is 0.503. The summed E-state index contributed by atoms with van der Waals surface area (Å²) in [5, 5.41) is 4.03. The normalized spacial score (nSPS) is 13.9. The third-order valence-electron chi connectivity index (χ3n) is 6.90. The zero-order valence-corrected chi connectivity index (χ0v) is 23.6. The molecule has 0 atom stereocenters. The van der Waals surface area contributed by atoms with Gasteiger partial charge in [-0.2, -0.15) is 0 Å². The molecule has 1 saturated heterocycles. The Hall–Kier alpha value is -3.62. The van der Waals surface area contributed by atoms with Crippen LogP contribution in [-0.2, 0) is 11.3 Å². The van der Waals surface area contributed by atoms with Crippen LogP contribution in [0.2, 0.25) is 0 Å². The van der Waals surface area contributed by atoms with E-state index < -0.39 is 0 Å². The topological polar surface area (TPSA) is 75.0 Å². The first-order chi connectivity index (χ1) is 19.0. The molecular weight excluding hydrogens is 558 g/mol. The van der Waals surface area contributed by atoms with Crippen molar-refractivity contribution >= 4 is 44.6 Å². The van der Waals surface area contributed by atoms with Gasteiger partial charge in [0.25, 0.3) is 5.91 Å². The lowest BCUT2D eigenvalue weighted by Crippen LogP contribution is -2.48. The third-order valence-corrected chi connectivity index (χ3v) is 7.60. The minimum atomic E-state index is -0.208. The van der Waals surface area contributed by atoms with E-state index in [1.54, 1.807) is 11.0 Å². The number of fused-ring (bicyclic) bond motifs is 1. The Kier molecular flexibility index (Phi) is 8.64. The Labute approximate surface area is 236 Å². The van der Waals surface area contributed by atoms with Crippen LogP contribution < -0.4 is 5.32 Å². The highest BCUT2D eigenvalue weighted by Gasteiger charge is 2.22. The van der Waals surface area contributed by atoms with Crippen molar-refractivity contribution < 1.29 is 18.7 Å². The van der Waals surface area contributed by atoms with Crippen molar-refractivity contribution in [1.82, 2.24) is 9.80 Å². The number of carbonyl (C=O) groups excluding carboxylic acids is 2. The Bertz CT molecular complexity index is 1460. The average molecular weight is 591 g/mol. The molecule has 2 amide bonds. The highest BCUT2D eigenvalue weighted by atomic mass is 79.9. The number of rotatable bonds is 8. The van der Waals surface area contributed by atoms with Crippen molar-refractivity contribution in [1.29, 1.82) is 0 Å². The third kappa shape index (κ3) is 6.52. The molecule has 0 aliphatic carbocycles. The molecule has 202 valence electrons. The van der Waals surface area contributed by atoms with Gasteiger partial charge in [0.05, 0.1) is 17.9 Å². The molecule has 5 rings (SSSR count). The second-order valence-electron chi connectivity index (χ2n) is 9.69. The number of anilines is 1. The molecule has 2 heterocycles. The predicted molar refractivity (Wildman–Crippen MR) is 157 cm³/mol. The van der Waals surface area contributed by atoms with Gasteiger partial charge in [-0.1, -0.05) is 49.7 Å². The number of nitrogens with one attached hydrogen (secondary N) is 1. The van der Waals surface area contributed by atoms with Gasteiger partial charge in [0, 0.05) is 48.1 Å². The molecule has 8 heteroatoms. The minimum Gasteiger partial charge on any atom is -0.456 e. The van der Waals surface area contributed by atoms with Gasteiger partial charge < -0.3 is 19.4 Å². The number of nitrogens with zero attached hydrogens (tertiary/aromatic N) is 2. The molecule has 0 unspecified atom stereocenters. The van der Waals surface area contributed by atoms with Gasteiger partial charge in [-0.15, -0.1) is 0 Å². The molecule has 1 N–H and O–H groups in total. The molecular formula is C31H32BrN3O4. The molecule has 0 spiro atoms. The summed E-state index contributed by atoms with van der Waals surface area (Å²) in [6.07, 6.45) is 1.70. The zero-order chi connectivity index (χ0) is 27.2. The standard InChI is InChI=1S/C31H32BrN3O4/c1-2-3-18-38-31(37)35-16-14-34(15-17-35)21-22-12-13-23-20-29(39-28(23)19-22)25-9-5-7-11-27(25)33-30(36)24-8-4-6-10-26(24)32/h4-13,19-20H,2-3,14-18,21H2,1H3,(H,33,36). The van der Waals surface area contributed by atoms with Crippen LogP contribution in [0.3, 0.4) is 0 Å². The van der Waals surface area contributed by atoms with E-state index in [2.05, 4.69) is 51.3 Å². The second-order valence-corrected chi connectivity index (χ2v) is 10.5. The molecule has 1 fully saturated rings. The summed E-state index contributed by atoms with van der Waals surface area (Å²) in [7, 11) is 0. The van der Waals surface area contributed by atoms with E-state index in [0.717, 1.165) is 59.0 Å². The highest BCUT2D eigenvalue weighted by molar-refractivity contribution is 9.10. The lowest BCUT2D eigenvalue weighted by molar-refractivity contribution is 0.0737. The van der Waals surface area contributed by atoms with E-state index >= 15 is 0 Å². The zero-order valence-electron chi connectivity index (χ0n) is 22.0. The van der Waals surface area contributed by atoms with E-state index in [9.17, 15) is 9.59 Å². The van der Waals surface area contributed by atoms with Gasteiger partial charge in [-0.3, -0.25) is 9.69 Å². The Morgan fingerprint density at radius 2 is 1.74 bits per heavy atom. The number of furan rings is 1. The molecule has 39 heavy (non-hydrogen) atoms. The number of amides is 2. The van der Waals surface area contributed by atoms with Crippen LogP contribution in [0.25, 0.3) is 22.3 Å². The summed E-state index contributed by atoms with van der Waals surface area (Å²) in [6, 6.07) is 23.3. The molecule has 0 saturated carbocycles. The number of unbranched alkanes of at least 4 members (excludes halogenated alkanes) is 1. The van der Waals surface area contributed by atoms with Gasteiger partial charge in [0.1, 0.15) is 11.3 Å². The maximum atomic E-state index is 12.9. The number of carbonyl (C=O) groups is 2. The van der Waals surface area contributed by atoms with Crippen molar-refractivity contribution in [2.45, 2.75) is 26.3 Å². The van der Waals surface area contributed by atoms with Crippen LogP contribution >= 0.6 is 15.9 Å².